The van der Waals surface area contributed by atoms with Crippen LogP contribution < -0.4 is 9.46 Å². The van der Waals surface area contributed by atoms with Crippen molar-refractivity contribution in [3.8, 4) is 5.75 Å². The normalized spacial score (nSPS) is 12.5. The number of hydrogen-bond acceptors (Lipinski definition) is 5. The lowest BCUT2D eigenvalue weighted by Gasteiger charge is -2.12. The molecule has 0 heterocycles. The summed E-state index contributed by atoms with van der Waals surface area (Å²) in [5.74, 6) is 0.726. The third kappa shape index (κ3) is 5.28. The number of nitrogens with one attached hydrogen (secondary N) is 1. The van der Waals surface area contributed by atoms with Crippen LogP contribution in [0.1, 0.15) is 17.3 Å². The molecule has 0 amide bonds. The molecular formula is C17H19NO4S2. The van der Waals surface area contributed by atoms with Crippen LogP contribution in [0, 0.1) is 0 Å². The van der Waals surface area contributed by atoms with Crippen molar-refractivity contribution in [2.24, 2.45) is 0 Å². The molecule has 0 aliphatic rings. The second kappa shape index (κ2) is 7.72. The number of benzene rings is 2. The van der Waals surface area contributed by atoms with Gasteiger partial charge in [-0.3, -0.25) is 9.52 Å². The highest BCUT2D eigenvalue weighted by Crippen LogP contribution is 2.28. The molecule has 7 heteroatoms. The van der Waals surface area contributed by atoms with Crippen LogP contribution in [0.15, 0.2) is 53.4 Å². The Hall–Kier alpha value is -1.99. The van der Waals surface area contributed by atoms with E-state index in [0.717, 1.165) is 16.9 Å². The summed E-state index contributed by atoms with van der Waals surface area (Å²) in [5.41, 5.74) is 0.971. The Morgan fingerprint density at radius 3 is 2.42 bits per heavy atom. The largest absolute Gasteiger partial charge is 0.497 e. The number of sulfonamides is 1. The first kappa shape index (κ1) is 18.4. The van der Waals surface area contributed by atoms with Gasteiger partial charge >= 0.3 is 0 Å². The maximum Gasteiger partial charge on any atom is 0.229 e. The van der Waals surface area contributed by atoms with E-state index in [2.05, 4.69) is 4.72 Å². The number of carbonyl (C=O) groups is 1. The van der Waals surface area contributed by atoms with Crippen LogP contribution in [-0.2, 0) is 10.0 Å². The van der Waals surface area contributed by atoms with Crippen molar-refractivity contribution in [1.82, 2.24) is 0 Å². The van der Waals surface area contributed by atoms with Gasteiger partial charge in [-0.2, -0.15) is 0 Å². The summed E-state index contributed by atoms with van der Waals surface area (Å²) in [5, 5.41) is -0.272. The molecule has 24 heavy (non-hydrogen) atoms. The van der Waals surface area contributed by atoms with Crippen LogP contribution in [0.2, 0.25) is 0 Å². The highest BCUT2D eigenvalue weighted by molar-refractivity contribution is 8.00. The number of ether oxygens (including phenoxy) is 1. The van der Waals surface area contributed by atoms with E-state index in [-0.39, 0.29) is 11.0 Å². The molecule has 2 rings (SSSR count). The van der Waals surface area contributed by atoms with Crippen molar-refractivity contribution >= 4 is 33.3 Å². The predicted octanol–water partition coefficient (Wildman–Crippen LogP) is 3.43. The maximum atomic E-state index is 12.5. The molecule has 1 N–H and O–H groups in total. The zero-order valence-electron chi connectivity index (χ0n) is 13.6. The molecule has 2 aromatic rings. The molecule has 0 aromatic heterocycles. The quantitative estimate of drug-likeness (QED) is 0.601. The molecule has 1 unspecified atom stereocenters. The van der Waals surface area contributed by atoms with Crippen LogP contribution in [0.3, 0.4) is 0 Å². The molecule has 2 aromatic carbocycles. The summed E-state index contributed by atoms with van der Waals surface area (Å²) in [6.07, 6.45) is 1.08. The summed E-state index contributed by atoms with van der Waals surface area (Å²) in [7, 11) is -1.72. The van der Waals surface area contributed by atoms with Gasteiger partial charge in [-0.25, -0.2) is 8.42 Å². The zero-order chi connectivity index (χ0) is 17.7. The van der Waals surface area contributed by atoms with E-state index in [1.54, 1.807) is 31.4 Å². The summed E-state index contributed by atoms with van der Waals surface area (Å²) in [6, 6.07) is 13.9. The van der Waals surface area contributed by atoms with Gasteiger partial charge in [0.1, 0.15) is 5.75 Å². The van der Waals surface area contributed by atoms with Crippen LogP contribution in [0.5, 0.6) is 5.75 Å². The molecule has 0 radical (unpaired) electrons. The molecule has 0 bridgehead atoms. The Morgan fingerprint density at radius 2 is 1.83 bits per heavy atom. The zero-order valence-corrected chi connectivity index (χ0v) is 15.3. The lowest BCUT2D eigenvalue weighted by atomic mass is 10.1. The van der Waals surface area contributed by atoms with Crippen molar-refractivity contribution in [3.05, 3.63) is 54.1 Å². The lowest BCUT2D eigenvalue weighted by Crippen LogP contribution is -2.14. The second-order valence-corrected chi connectivity index (χ2v) is 8.42. The minimum absolute atomic E-state index is 0.0197. The average Bonchev–Trinajstić information content (AvgIpc) is 2.53. The van der Waals surface area contributed by atoms with Crippen molar-refractivity contribution < 1.29 is 17.9 Å². The average molecular weight is 365 g/mol. The minimum Gasteiger partial charge on any atom is -0.497 e. The molecule has 0 saturated carbocycles. The summed E-state index contributed by atoms with van der Waals surface area (Å²) < 4.78 is 29.9. The molecule has 0 aliphatic carbocycles. The smallest absolute Gasteiger partial charge is 0.229 e. The Kier molecular flexibility index (Phi) is 5.90. The SMILES string of the molecule is COc1cccc(SC(C)C(=O)c2ccc(NS(C)(=O)=O)cc2)c1. The monoisotopic (exact) mass is 365 g/mol. The van der Waals surface area contributed by atoms with E-state index >= 15 is 0 Å². The van der Waals surface area contributed by atoms with Crippen LogP contribution >= 0.6 is 11.8 Å². The topological polar surface area (TPSA) is 72.5 Å². The minimum atomic E-state index is -3.32. The molecule has 5 nitrogen and oxygen atoms in total. The third-order valence-corrected chi connectivity index (χ3v) is 4.90. The Balaban J connectivity index is 2.07. The molecule has 0 aliphatic heterocycles. The number of methoxy groups -OCH3 is 1. The van der Waals surface area contributed by atoms with Gasteiger partial charge in [-0.15, -0.1) is 11.8 Å². The standard InChI is InChI=1S/C17H19NO4S2/c1-12(23-16-6-4-5-15(11-16)22-2)17(19)13-7-9-14(10-8-13)18-24(3,20)21/h4-12,18H,1-3H3. The van der Waals surface area contributed by atoms with Gasteiger partial charge in [0, 0.05) is 16.1 Å². The van der Waals surface area contributed by atoms with Crippen LogP contribution in [-0.4, -0.2) is 32.8 Å². The summed E-state index contributed by atoms with van der Waals surface area (Å²) >= 11 is 1.45. The fourth-order valence-corrected chi connectivity index (χ4v) is 3.64. The van der Waals surface area contributed by atoms with E-state index in [1.165, 1.54) is 11.8 Å². The summed E-state index contributed by atoms with van der Waals surface area (Å²) in [4.78, 5) is 13.5. The number of carbonyl (C=O) groups excluding carboxylic acids is 1. The van der Waals surface area contributed by atoms with Crippen molar-refractivity contribution in [2.75, 3.05) is 18.1 Å². The molecule has 0 fully saturated rings. The number of thioether (sulfide) groups is 1. The number of ketones is 1. The fraction of sp³-hybridized carbons (Fsp3) is 0.235. The Labute approximate surface area is 146 Å². The number of rotatable bonds is 7. The van der Waals surface area contributed by atoms with Gasteiger partial charge in [-0.1, -0.05) is 6.07 Å². The number of hydrogen-bond donors (Lipinski definition) is 1. The van der Waals surface area contributed by atoms with E-state index in [9.17, 15) is 13.2 Å². The molecular weight excluding hydrogens is 346 g/mol. The van der Waals surface area contributed by atoms with Crippen molar-refractivity contribution in [3.63, 3.8) is 0 Å². The molecule has 0 spiro atoms. The maximum absolute atomic E-state index is 12.5. The van der Waals surface area contributed by atoms with Gasteiger partial charge < -0.3 is 4.74 Å². The first-order valence-electron chi connectivity index (χ1n) is 7.21. The molecule has 128 valence electrons. The van der Waals surface area contributed by atoms with Gasteiger partial charge in [0.15, 0.2) is 5.78 Å². The first-order valence-corrected chi connectivity index (χ1v) is 9.98. The van der Waals surface area contributed by atoms with Crippen molar-refractivity contribution in [2.45, 2.75) is 17.1 Å². The van der Waals surface area contributed by atoms with E-state index < -0.39 is 10.0 Å². The highest BCUT2D eigenvalue weighted by Gasteiger charge is 2.17. The van der Waals surface area contributed by atoms with E-state index in [4.69, 9.17) is 4.74 Å². The molecule has 1 atom stereocenters. The van der Waals surface area contributed by atoms with Crippen LogP contribution in [0.4, 0.5) is 5.69 Å². The van der Waals surface area contributed by atoms with Gasteiger partial charge in [0.05, 0.1) is 18.6 Å². The number of Topliss-reactive ketones (excluding diaryl/α,β-unsaturated/α-hetero) is 1. The first-order chi connectivity index (χ1) is 11.3. The lowest BCUT2D eigenvalue weighted by molar-refractivity contribution is 0.0994. The highest BCUT2D eigenvalue weighted by atomic mass is 32.2. The fourth-order valence-electron chi connectivity index (χ4n) is 2.08. The van der Waals surface area contributed by atoms with Gasteiger partial charge in [0.2, 0.25) is 10.0 Å². The predicted molar refractivity (Wildman–Crippen MR) is 97.6 cm³/mol. The van der Waals surface area contributed by atoms with Crippen LogP contribution in [0.25, 0.3) is 0 Å². The third-order valence-electron chi connectivity index (χ3n) is 3.20. The van der Waals surface area contributed by atoms with Crippen molar-refractivity contribution in [1.29, 1.82) is 0 Å². The van der Waals surface area contributed by atoms with Gasteiger partial charge in [-0.05, 0) is 49.4 Å². The summed E-state index contributed by atoms with van der Waals surface area (Å²) in [6.45, 7) is 1.84. The van der Waals surface area contributed by atoms with Gasteiger partial charge in [0.25, 0.3) is 0 Å². The second-order valence-electron chi connectivity index (χ2n) is 5.25. The Morgan fingerprint density at radius 1 is 1.17 bits per heavy atom. The van der Waals surface area contributed by atoms with E-state index in [1.807, 2.05) is 31.2 Å². The van der Waals surface area contributed by atoms with E-state index in [0.29, 0.717) is 11.3 Å². The molecule has 0 saturated heterocycles. The number of anilines is 1. The Bertz CT molecular complexity index is 817.